The zero-order valence-corrected chi connectivity index (χ0v) is 38.9. The first-order chi connectivity index (χ1) is 26.8. The molecule has 9 rings (SSSR count). The van der Waals surface area contributed by atoms with E-state index in [1.54, 1.807) is 0 Å². The third-order valence-corrected chi connectivity index (χ3v) is 21.6. The molecule has 0 aliphatic rings. The molecule has 0 bridgehead atoms. The average molecular weight is 881 g/mol. The van der Waals surface area contributed by atoms with Crippen LogP contribution in [0.4, 0.5) is 0 Å². The first kappa shape index (κ1) is 37.9. The Balaban J connectivity index is 0.943. The summed E-state index contributed by atoms with van der Waals surface area (Å²) in [7, 11) is 0. The van der Waals surface area contributed by atoms with E-state index in [0.717, 1.165) is 25.7 Å². The van der Waals surface area contributed by atoms with Crippen LogP contribution in [0.15, 0.2) is 84.2 Å². The van der Waals surface area contributed by atoms with Gasteiger partial charge in [0.25, 0.3) is 0 Å². The van der Waals surface area contributed by atoms with E-state index < -0.39 is 0 Å². The molecule has 0 nitrogen and oxygen atoms in total. The van der Waals surface area contributed by atoms with Crippen LogP contribution in [0.3, 0.4) is 0 Å². The van der Waals surface area contributed by atoms with Gasteiger partial charge in [0.05, 0.1) is 0 Å². The summed E-state index contributed by atoms with van der Waals surface area (Å²) < 4.78 is 0. The highest BCUT2D eigenvalue weighted by Crippen LogP contribution is 2.50. The molecule has 0 aliphatic heterocycles. The van der Waals surface area contributed by atoms with Gasteiger partial charge in [-0.1, -0.05) is 27.7 Å². The minimum atomic E-state index is 1.04. The number of aryl methyl sites for hydroxylation is 6. The number of thiophene rings is 9. The maximum absolute atomic E-state index is 2.47. The Morgan fingerprint density at radius 2 is 0.691 bits per heavy atom. The van der Waals surface area contributed by atoms with Gasteiger partial charge in [0.1, 0.15) is 0 Å². The van der Waals surface area contributed by atoms with Crippen molar-refractivity contribution in [2.24, 2.45) is 0 Å². The molecule has 0 aromatic carbocycles. The second-order valence-electron chi connectivity index (χ2n) is 13.6. The summed E-state index contributed by atoms with van der Waals surface area (Å²) in [6, 6.07) is 30.7. The fourth-order valence-corrected chi connectivity index (χ4v) is 17.7. The van der Waals surface area contributed by atoms with E-state index in [2.05, 4.69) is 126 Å². The zero-order valence-electron chi connectivity index (χ0n) is 31.6. The molecule has 0 saturated heterocycles. The molecule has 0 amide bonds. The molecule has 55 heavy (non-hydrogen) atoms. The molecule has 0 fully saturated rings. The van der Waals surface area contributed by atoms with Crippen LogP contribution in [0.5, 0.6) is 0 Å². The van der Waals surface area contributed by atoms with E-state index in [1.165, 1.54) is 111 Å². The first-order valence-corrected chi connectivity index (χ1v) is 26.2. The van der Waals surface area contributed by atoms with Gasteiger partial charge in [-0.25, -0.2) is 0 Å². The van der Waals surface area contributed by atoms with Crippen molar-refractivity contribution in [2.45, 2.75) is 67.2 Å². The third-order valence-electron chi connectivity index (χ3n) is 10.2. The average Bonchev–Trinajstić information content (AvgIpc) is 4.04. The predicted molar refractivity (Wildman–Crippen MR) is 258 cm³/mol. The second kappa shape index (κ2) is 15.9. The van der Waals surface area contributed by atoms with Crippen LogP contribution in [-0.4, -0.2) is 0 Å². The van der Waals surface area contributed by atoms with Crippen molar-refractivity contribution >= 4 is 102 Å². The van der Waals surface area contributed by atoms with E-state index in [1.807, 2.05) is 102 Å². The molecule has 9 heterocycles. The molecule has 0 atom stereocenters. The van der Waals surface area contributed by atoms with Gasteiger partial charge < -0.3 is 0 Å². The van der Waals surface area contributed by atoms with Gasteiger partial charge in [-0.15, -0.1) is 102 Å². The van der Waals surface area contributed by atoms with E-state index in [-0.39, 0.29) is 0 Å². The van der Waals surface area contributed by atoms with E-state index in [4.69, 9.17) is 0 Å². The molecule has 0 saturated carbocycles. The molecular formula is C46H40S9. The summed E-state index contributed by atoms with van der Waals surface area (Å²) in [5.74, 6) is 0. The standard InChI is InChI=1S/C46H40S9/c1-7-27-19-20-47-43(27)41-23-29(9-3)44(54-41)37-17-15-35(51-37)33-13-11-31(49-33)32-12-14-34(50-32)36-16-18-38(52-36)45-30(10-4)24-42(55-45)46-28(8-2)22-40(53-46)39-21-25(5)26(6)48-39/h11-24H,7-10H2,1-6H3. The maximum atomic E-state index is 2.47. The van der Waals surface area contributed by atoms with Gasteiger partial charge >= 0.3 is 0 Å². The van der Waals surface area contributed by atoms with Gasteiger partial charge in [-0.3, -0.25) is 0 Å². The van der Waals surface area contributed by atoms with Crippen LogP contribution in [0.1, 0.15) is 60.4 Å². The highest BCUT2D eigenvalue weighted by Gasteiger charge is 2.21. The SMILES string of the molecule is CCc1ccsc1-c1cc(CC)c(-c2ccc(-c3ccc(-c4ccc(-c5ccc(-c6sc(-c7sc(-c8cc(C)c(C)s8)cc7CC)cc6CC)s5)s4)s3)s2)s1. The summed E-state index contributed by atoms with van der Waals surface area (Å²) in [6.07, 6.45) is 4.24. The predicted octanol–water partition coefficient (Wildman–Crippen LogP) is 18.4. The Labute approximate surface area is 360 Å². The van der Waals surface area contributed by atoms with Gasteiger partial charge in [-0.05, 0) is 152 Å². The summed E-state index contributed by atoms with van der Waals surface area (Å²) in [6.45, 7) is 13.6. The van der Waals surface area contributed by atoms with Crippen LogP contribution < -0.4 is 0 Å². The monoisotopic (exact) mass is 880 g/mol. The van der Waals surface area contributed by atoms with Gasteiger partial charge in [-0.2, -0.15) is 0 Å². The Hall–Kier alpha value is -2.70. The largest absolute Gasteiger partial charge is 0.143 e. The molecular weight excluding hydrogens is 841 g/mol. The summed E-state index contributed by atoms with van der Waals surface area (Å²) in [5, 5.41) is 2.24. The molecule has 9 aromatic rings. The van der Waals surface area contributed by atoms with Crippen LogP contribution in [0, 0.1) is 13.8 Å². The van der Waals surface area contributed by atoms with Gasteiger partial charge in [0.15, 0.2) is 0 Å². The van der Waals surface area contributed by atoms with Crippen molar-refractivity contribution < 1.29 is 0 Å². The van der Waals surface area contributed by atoms with Crippen LogP contribution in [-0.2, 0) is 25.7 Å². The topological polar surface area (TPSA) is 0 Å². The lowest BCUT2D eigenvalue weighted by Crippen LogP contribution is -1.78. The molecule has 0 spiro atoms. The smallest absolute Gasteiger partial charge is 0.0481 e. The van der Waals surface area contributed by atoms with Crippen molar-refractivity contribution in [1.29, 1.82) is 0 Å². The molecule has 9 heteroatoms. The van der Waals surface area contributed by atoms with E-state index in [0.29, 0.717) is 0 Å². The molecule has 0 aliphatic carbocycles. The number of rotatable bonds is 12. The number of hydrogen-bond acceptors (Lipinski definition) is 9. The lowest BCUT2D eigenvalue weighted by atomic mass is 10.1. The quantitative estimate of drug-likeness (QED) is 0.115. The van der Waals surface area contributed by atoms with Crippen molar-refractivity contribution in [3.8, 4) is 78.0 Å². The highest BCUT2D eigenvalue weighted by atomic mass is 32.1. The Morgan fingerprint density at radius 1 is 0.327 bits per heavy atom. The van der Waals surface area contributed by atoms with E-state index in [9.17, 15) is 0 Å². The van der Waals surface area contributed by atoms with Crippen molar-refractivity contribution in [3.63, 3.8) is 0 Å². The van der Waals surface area contributed by atoms with Crippen molar-refractivity contribution in [3.05, 3.63) is 117 Å². The Morgan fingerprint density at radius 3 is 1.13 bits per heavy atom. The molecule has 0 unspecified atom stereocenters. The lowest BCUT2D eigenvalue weighted by Gasteiger charge is -1.97. The summed E-state index contributed by atoms with van der Waals surface area (Å²) in [4.78, 5) is 23.7. The minimum absolute atomic E-state index is 1.04. The maximum Gasteiger partial charge on any atom is 0.0481 e. The Kier molecular flexibility index (Phi) is 11.0. The van der Waals surface area contributed by atoms with Crippen LogP contribution in [0.2, 0.25) is 0 Å². The van der Waals surface area contributed by atoms with Crippen LogP contribution in [0.25, 0.3) is 78.0 Å². The summed E-state index contributed by atoms with van der Waals surface area (Å²) in [5.41, 5.74) is 7.25. The van der Waals surface area contributed by atoms with Crippen LogP contribution >= 0.6 is 102 Å². The third kappa shape index (κ3) is 7.23. The fourth-order valence-electron chi connectivity index (χ4n) is 6.96. The van der Waals surface area contributed by atoms with Gasteiger partial charge in [0, 0.05) is 82.9 Å². The normalized spacial score (nSPS) is 11.7. The molecule has 0 N–H and O–H groups in total. The molecule has 0 radical (unpaired) electrons. The minimum Gasteiger partial charge on any atom is -0.143 e. The zero-order chi connectivity index (χ0) is 37.8. The lowest BCUT2D eigenvalue weighted by molar-refractivity contribution is 1.15. The Bertz CT molecular complexity index is 2730. The number of hydrogen-bond donors (Lipinski definition) is 0. The molecule has 9 aromatic heterocycles. The van der Waals surface area contributed by atoms with Crippen molar-refractivity contribution in [2.75, 3.05) is 0 Å². The second-order valence-corrected chi connectivity index (χ2v) is 23.3. The van der Waals surface area contributed by atoms with Gasteiger partial charge in [0.2, 0.25) is 0 Å². The first-order valence-electron chi connectivity index (χ1n) is 18.8. The molecule has 278 valence electrons. The van der Waals surface area contributed by atoms with E-state index >= 15 is 0 Å². The fraction of sp³-hybridized carbons (Fsp3) is 0.217. The highest BCUT2D eigenvalue weighted by molar-refractivity contribution is 7.32. The van der Waals surface area contributed by atoms with Crippen molar-refractivity contribution in [1.82, 2.24) is 0 Å². The summed E-state index contributed by atoms with van der Waals surface area (Å²) >= 11 is 17.5.